The van der Waals surface area contributed by atoms with E-state index >= 15 is 0 Å². The molecule has 1 heterocycles. The highest BCUT2D eigenvalue weighted by atomic mass is 35.5. The van der Waals surface area contributed by atoms with E-state index in [4.69, 9.17) is 23.2 Å². The Hall–Kier alpha value is -1.45. The van der Waals surface area contributed by atoms with Gasteiger partial charge in [-0.1, -0.05) is 41.4 Å². The number of carbonyl (C=O) groups excluding carboxylic acids is 1. The third kappa shape index (κ3) is 2.86. The molecule has 18 heavy (non-hydrogen) atoms. The van der Waals surface area contributed by atoms with Crippen molar-refractivity contribution in [2.24, 2.45) is 0 Å². The Morgan fingerprint density at radius 3 is 2.67 bits per heavy atom. The van der Waals surface area contributed by atoms with Gasteiger partial charge in [-0.3, -0.25) is 4.79 Å². The number of benzene rings is 1. The molecule has 2 aromatic rings. The van der Waals surface area contributed by atoms with E-state index in [-0.39, 0.29) is 22.9 Å². The summed E-state index contributed by atoms with van der Waals surface area (Å²) in [5.74, 6) is -0.766. The van der Waals surface area contributed by atoms with Crippen molar-refractivity contribution >= 4 is 29.0 Å². The number of aromatic nitrogens is 1. The largest absolute Gasteiger partial charge is 0.292 e. The highest BCUT2D eigenvalue weighted by Crippen LogP contribution is 2.20. The zero-order valence-electron chi connectivity index (χ0n) is 9.16. The van der Waals surface area contributed by atoms with Crippen LogP contribution in [0, 0.1) is 5.82 Å². The Balaban J connectivity index is 2.25. The van der Waals surface area contributed by atoms with E-state index in [1.807, 2.05) is 0 Å². The number of ketones is 1. The van der Waals surface area contributed by atoms with E-state index < -0.39 is 5.82 Å². The molecule has 92 valence electrons. The topological polar surface area (TPSA) is 30.0 Å². The van der Waals surface area contributed by atoms with E-state index in [9.17, 15) is 9.18 Å². The van der Waals surface area contributed by atoms with Gasteiger partial charge in [0.05, 0.1) is 10.0 Å². The van der Waals surface area contributed by atoms with Gasteiger partial charge in [0.15, 0.2) is 5.78 Å². The summed E-state index contributed by atoms with van der Waals surface area (Å²) in [5.41, 5.74) is 0.416. The summed E-state index contributed by atoms with van der Waals surface area (Å²) in [4.78, 5) is 15.8. The zero-order chi connectivity index (χ0) is 13.1. The van der Waals surface area contributed by atoms with Gasteiger partial charge in [-0.2, -0.15) is 0 Å². The fourth-order valence-corrected chi connectivity index (χ4v) is 2.00. The number of nitrogens with zero attached hydrogens (tertiary/aromatic N) is 1. The van der Waals surface area contributed by atoms with Crippen molar-refractivity contribution in [3.8, 4) is 0 Å². The summed E-state index contributed by atoms with van der Waals surface area (Å²) in [6.07, 6.45) is 1.25. The van der Waals surface area contributed by atoms with Crippen LogP contribution in [0.1, 0.15) is 16.1 Å². The van der Waals surface area contributed by atoms with Crippen molar-refractivity contribution < 1.29 is 9.18 Å². The SMILES string of the molecule is O=C(Cc1ccccc1F)c1ncc(Cl)cc1Cl. The standard InChI is InChI=1S/C13H8Cl2FNO/c14-9-6-10(15)13(17-7-9)12(18)5-8-3-1-2-4-11(8)16/h1-4,6-7H,5H2. The van der Waals surface area contributed by atoms with Crippen molar-refractivity contribution in [1.82, 2.24) is 4.98 Å². The van der Waals surface area contributed by atoms with Gasteiger partial charge in [-0.25, -0.2) is 9.37 Å². The highest BCUT2D eigenvalue weighted by molar-refractivity contribution is 6.36. The van der Waals surface area contributed by atoms with Crippen molar-refractivity contribution in [2.75, 3.05) is 0 Å². The maximum atomic E-state index is 13.4. The second-order valence-electron chi connectivity index (χ2n) is 3.68. The lowest BCUT2D eigenvalue weighted by molar-refractivity contribution is 0.0987. The summed E-state index contributed by atoms with van der Waals surface area (Å²) < 4.78 is 13.4. The zero-order valence-corrected chi connectivity index (χ0v) is 10.7. The van der Waals surface area contributed by atoms with Gasteiger partial charge in [0.1, 0.15) is 11.5 Å². The second kappa shape index (κ2) is 5.46. The lowest BCUT2D eigenvalue weighted by Crippen LogP contribution is -2.08. The normalized spacial score (nSPS) is 10.4. The quantitative estimate of drug-likeness (QED) is 0.799. The minimum absolute atomic E-state index is 0.0823. The average Bonchev–Trinajstić information content (AvgIpc) is 2.32. The predicted octanol–water partition coefficient (Wildman–Crippen LogP) is 3.95. The molecule has 2 rings (SSSR count). The van der Waals surface area contributed by atoms with Gasteiger partial charge in [0.2, 0.25) is 0 Å². The molecular weight excluding hydrogens is 276 g/mol. The molecule has 0 aliphatic rings. The molecule has 0 aliphatic carbocycles. The molecule has 0 saturated heterocycles. The van der Waals surface area contributed by atoms with E-state index in [1.165, 1.54) is 18.3 Å². The van der Waals surface area contributed by atoms with Gasteiger partial charge < -0.3 is 0 Å². The van der Waals surface area contributed by atoms with Crippen LogP contribution in [0.25, 0.3) is 0 Å². The first-order chi connectivity index (χ1) is 8.58. The van der Waals surface area contributed by atoms with Crippen LogP contribution in [0.4, 0.5) is 4.39 Å². The molecular formula is C13H8Cl2FNO. The summed E-state index contributed by atoms with van der Waals surface area (Å²) >= 11 is 11.6. The Morgan fingerprint density at radius 2 is 2.00 bits per heavy atom. The first kappa shape index (κ1) is 13.0. The molecule has 0 amide bonds. The van der Waals surface area contributed by atoms with Gasteiger partial charge in [0, 0.05) is 12.6 Å². The molecule has 2 nitrogen and oxygen atoms in total. The van der Waals surface area contributed by atoms with Crippen LogP contribution in [0.3, 0.4) is 0 Å². The number of halogens is 3. The number of carbonyl (C=O) groups is 1. The number of Topliss-reactive ketones (excluding diaryl/α,β-unsaturated/α-hetero) is 1. The molecule has 0 fully saturated rings. The summed E-state index contributed by atoms with van der Waals surface area (Å²) in [6, 6.07) is 7.53. The van der Waals surface area contributed by atoms with Crippen LogP contribution >= 0.6 is 23.2 Å². The molecule has 0 radical (unpaired) electrons. The average molecular weight is 284 g/mol. The molecule has 0 unspecified atom stereocenters. The third-order valence-corrected chi connectivity index (χ3v) is 2.88. The third-order valence-electron chi connectivity index (χ3n) is 2.38. The predicted molar refractivity (Wildman–Crippen MR) is 68.7 cm³/mol. The summed E-state index contributed by atoms with van der Waals surface area (Å²) in [6.45, 7) is 0. The van der Waals surface area contributed by atoms with Gasteiger partial charge in [0.25, 0.3) is 0 Å². The van der Waals surface area contributed by atoms with Crippen LogP contribution in [0.15, 0.2) is 36.5 Å². The molecule has 0 saturated carbocycles. The fourth-order valence-electron chi connectivity index (χ4n) is 1.52. The van der Waals surface area contributed by atoms with Crippen LogP contribution in [0.5, 0.6) is 0 Å². The Morgan fingerprint density at radius 1 is 1.28 bits per heavy atom. The van der Waals surface area contributed by atoms with Crippen LogP contribution in [0.2, 0.25) is 10.0 Å². The van der Waals surface area contributed by atoms with E-state index in [2.05, 4.69) is 4.98 Å². The van der Waals surface area contributed by atoms with Gasteiger partial charge in [-0.05, 0) is 17.7 Å². The minimum atomic E-state index is -0.420. The highest BCUT2D eigenvalue weighted by Gasteiger charge is 2.15. The van der Waals surface area contributed by atoms with Crippen LogP contribution < -0.4 is 0 Å². The molecule has 0 spiro atoms. The molecule has 1 aromatic carbocycles. The number of pyridine rings is 1. The van der Waals surface area contributed by atoms with Crippen LogP contribution in [-0.2, 0) is 6.42 Å². The lowest BCUT2D eigenvalue weighted by atomic mass is 10.1. The summed E-state index contributed by atoms with van der Waals surface area (Å²) in [5, 5.41) is 0.520. The maximum Gasteiger partial charge on any atom is 0.187 e. The minimum Gasteiger partial charge on any atom is -0.292 e. The monoisotopic (exact) mass is 283 g/mol. The lowest BCUT2D eigenvalue weighted by Gasteiger charge is -2.04. The number of hydrogen-bond donors (Lipinski definition) is 0. The number of hydrogen-bond acceptors (Lipinski definition) is 2. The first-order valence-corrected chi connectivity index (χ1v) is 5.91. The number of rotatable bonds is 3. The maximum absolute atomic E-state index is 13.4. The molecule has 1 aromatic heterocycles. The second-order valence-corrected chi connectivity index (χ2v) is 4.52. The Bertz CT molecular complexity index is 601. The smallest absolute Gasteiger partial charge is 0.187 e. The fraction of sp³-hybridized carbons (Fsp3) is 0.0769. The molecule has 0 aliphatic heterocycles. The Kier molecular flexibility index (Phi) is 3.94. The van der Waals surface area contributed by atoms with Gasteiger partial charge >= 0.3 is 0 Å². The molecule has 0 atom stereocenters. The van der Waals surface area contributed by atoms with E-state index in [0.29, 0.717) is 10.6 Å². The van der Waals surface area contributed by atoms with E-state index in [0.717, 1.165) is 0 Å². The van der Waals surface area contributed by atoms with Gasteiger partial charge in [-0.15, -0.1) is 0 Å². The van der Waals surface area contributed by atoms with Crippen molar-refractivity contribution in [1.29, 1.82) is 0 Å². The molecule has 0 N–H and O–H groups in total. The van der Waals surface area contributed by atoms with E-state index in [1.54, 1.807) is 18.2 Å². The molecule has 5 heteroatoms. The van der Waals surface area contributed by atoms with Crippen LogP contribution in [-0.4, -0.2) is 10.8 Å². The van der Waals surface area contributed by atoms with Crippen molar-refractivity contribution in [3.63, 3.8) is 0 Å². The first-order valence-electron chi connectivity index (χ1n) is 5.15. The van der Waals surface area contributed by atoms with Crippen molar-refractivity contribution in [2.45, 2.75) is 6.42 Å². The summed E-state index contributed by atoms with van der Waals surface area (Å²) in [7, 11) is 0. The van der Waals surface area contributed by atoms with Crippen molar-refractivity contribution in [3.05, 3.63) is 63.6 Å². The Labute approximate surface area is 113 Å². The molecule has 0 bridgehead atoms.